The van der Waals surface area contributed by atoms with Crippen LogP contribution >= 0.6 is 0 Å². The van der Waals surface area contributed by atoms with Gasteiger partial charge in [0, 0.05) is 31.1 Å². The molecule has 2 N–H and O–H groups in total. The zero-order chi connectivity index (χ0) is 22.0. The van der Waals surface area contributed by atoms with Crippen molar-refractivity contribution in [1.29, 1.82) is 0 Å². The van der Waals surface area contributed by atoms with Crippen molar-refractivity contribution in [2.45, 2.75) is 31.5 Å². The minimum atomic E-state index is -0.847. The number of fused-ring (bicyclic) bond motifs is 1. The number of β-amino-alcohol motifs (C(OH)–C–C–N with tert-alkyl or cyclic N) is 1. The SMILES string of the molecule is COc1ccc(OC)c(C(=O)N2CC[C@@H](Oc3ccc4c(c3)NC(=O)CC4)[C@H](O)C2)c1. The molecule has 1 saturated heterocycles. The number of carbonyl (C=O) groups excluding carboxylic acids is 2. The van der Waals surface area contributed by atoms with E-state index in [0.29, 0.717) is 48.6 Å². The molecule has 1 fully saturated rings. The Balaban J connectivity index is 1.43. The summed E-state index contributed by atoms with van der Waals surface area (Å²) in [6.45, 7) is 0.578. The first-order valence-electron chi connectivity index (χ1n) is 10.3. The van der Waals surface area contributed by atoms with Gasteiger partial charge in [-0.1, -0.05) is 6.07 Å². The topological polar surface area (TPSA) is 97.3 Å². The molecule has 2 heterocycles. The molecule has 2 aromatic carbocycles. The standard InChI is InChI=1S/C23H26N2O6/c1-29-15-6-7-20(30-2)17(11-15)23(28)25-10-9-21(19(26)13-25)31-16-5-3-14-4-8-22(27)24-18(14)12-16/h3,5-7,11-12,19,21,26H,4,8-10,13H2,1-2H3,(H,24,27)/t19-,21-/m1/s1. The Hall–Kier alpha value is -3.26. The predicted molar refractivity (Wildman–Crippen MR) is 114 cm³/mol. The second-order valence-electron chi connectivity index (χ2n) is 7.70. The quantitative estimate of drug-likeness (QED) is 0.761. The van der Waals surface area contributed by atoms with Crippen molar-refractivity contribution in [3.05, 3.63) is 47.5 Å². The van der Waals surface area contributed by atoms with E-state index in [0.717, 1.165) is 11.3 Å². The summed E-state index contributed by atoms with van der Waals surface area (Å²) in [5, 5.41) is 13.5. The second-order valence-corrected chi connectivity index (χ2v) is 7.70. The highest BCUT2D eigenvalue weighted by Crippen LogP contribution is 2.30. The van der Waals surface area contributed by atoms with E-state index in [4.69, 9.17) is 14.2 Å². The van der Waals surface area contributed by atoms with Gasteiger partial charge in [0.05, 0.1) is 26.3 Å². The van der Waals surface area contributed by atoms with Crippen LogP contribution in [0.4, 0.5) is 5.69 Å². The summed E-state index contributed by atoms with van der Waals surface area (Å²) in [7, 11) is 3.04. The van der Waals surface area contributed by atoms with E-state index in [9.17, 15) is 14.7 Å². The largest absolute Gasteiger partial charge is 0.497 e. The van der Waals surface area contributed by atoms with Gasteiger partial charge in [0.2, 0.25) is 5.91 Å². The second kappa shape index (κ2) is 8.85. The van der Waals surface area contributed by atoms with Crippen LogP contribution in [0.1, 0.15) is 28.8 Å². The molecule has 0 radical (unpaired) electrons. The summed E-state index contributed by atoms with van der Waals surface area (Å²) in [6, 6.07) is 10.6. The van der Waals surface area contributed by atoms with E-state index in [2.05, 4.69) is 5.32 Å². The van der Waals surface area contributed by atoms with Gasteiger partial charge in [-0.25, -0.2) is 0 Å². The van der Waals surface area contributed by atoms with Gasteiger partial charge in [-0.3, -0.25) is 9.59 Å². The molecular formula is C23H26N2O6. The van der Waals surface area contributed by atoms with Gasteiger partial charge in [0.1, 0.15) is 29.5 Å². The molecule has 8 nitrogen and oxygen atoms in total. The summed E-state index contributed by atoms with van der Waals surface area (Å²) in [6.07, 6.45) is 0.366. The first kappa shape index (κ1) is 21.0. The summed E-state index contributed by atoms with van der Waals surface area (Å²) < 4.78 is 16.5. The van der Waals surface area contributed by atoms with Gasteiger partial charge in [0.25, 0.3) is 5.91 Å². The monoisotopic (exact) mass is 426 g/mol. The number of anilines is 1. The van der Waals surface area contributed by atoms with Gasteiger partial charge < -0.3 is 29.5 Å². The average molecular weight is 426 g/mol. The highest BCUT2D eigenvalue weighted by molar-refractivity contribution is 5.97. The lowest BCUT2D eigenvalue weighted by molar-refractivity contribution is -0.116. The zero-order valence-corrected chi connectivity index (χ0v) is 17.6. The molecular weight excluding hydrogens is 400 g/mol. The molecule has 0 aromatic heterocycles. The number of aryl methyl sites for hydroxylation is 1. The molecule has 0 aliphatic carbocycles. The summed E-state index contributed by atoms with van der Waals surface area (Å²) in [5.41, 5.74) is 2.21. The molecule has 4 rings (SSSR count). The van der Waals surface area contributed by atoms with E-state index < -0.39 is 12.2 Å². The van der Waals surface area contributed by atoms with Crippen molar-refractivity contribution < 1.29 is 28.9 Å². The van der Waals surface area contributed by atoms with Crippen LogP contribution in [0.2, 0.25) is 0 Å². The maximum atomic E-state index is 13.0. The van der Waals surface area contributed by atoms with Gasteiger partial charge >= 0.3 is 0 Å². The fourth-order valence-electron chi connectivity index (χ4n) is 3.98. The van der Waals surface area contributed by atoms with Crippen molar-refractivity contribution in [1.82, 2.24) is 4.90 Å². The Kier molecular flexibility index (Phi) is 5.99. The molecule has 2 aromatic rings. The van der Waals surface area contributed by atoms with Crippen LogP contribution < -0.4 is 19.5 Å². The van der Waals surface area contributed by atoms with Gasteiger partial charge in [-0.2, -0.15) is 0 Å². The number of nitrogens with one attached hydrogen (secondary N) is 1. The van der Waals surface area contributed by atoms with Crippen molar-refractivity contribution >= 4 is 17.5 Å². The number of likely N-dealkylation sites (tertiary alicyclic amines) is 1. The molecule has 2 amide bonds. The van der Waals surface area contributed by atoms with Crippen molar-refractivity contribution in [3.63, 3.8) is 0 Å². The normalized spacial score (nSPS) is 20.5. The molecule has 8 heteroatoms. The number of carbonyl (C=O) groups is 2. The van der Waals surface area contributed by atoms with Crippen molar-refractivity contribution in [3.8, 4) is 17.2 Å². The van der Waals surface area contributed by atoms with E-state index >= 15 is 0 Å². The van der Waals surface area contributed by atoms with Gasteiger partial charge in [0.15, 0.2) is 0 Å². The Morgan fingerprint density at radius 2 is 1.90 bits per heavy atom. The van der Waals surface area contributed by atoms with Crippen molar-refractivity contribution in [2.24, 2.45) is 0 Å². The van der Waals surface area contributed by atoms with E-state index in [1.807, 2.05) is 12.1 Å². The summed E-state index contributed by atoms with van der Waals surface area (Å²) in [5.74, 6) is 1.35. The Morgan fingerprint density at radius 1 is 1.10 bits per heavy atom. The molecule has 0 unspecified atom stereocenters. The van der Waals surface area contributed by atoms with Gasteiger partial charge in [-0.15, -0.1) is 0 Å². The first-order chi connectivity index (χ1) is 15.0. The number of aliphatic hydroxyl groups is 1. The van der Waals surface area contributed by atoms with Crippen LogP contribution in [-0.2, 0) is 11.2 Å². The number of methoxy groups -OCH3 is 2. The third-order valence-electron chi connectivity index (χ3n) is 5.71. The maximum Gasteiger partial charge on any atom is 0.257 e. The van der Waals surface area contributed by atoms with Crippen LogP contribution in [0, 0.1) is 0 Å². The smallest absolute Gasteiger partial charge is 0.257 e. The molecule has 0 spiro atoms. The lowest BCUT2D eigenvalue weighted by Gasteiger charge is -2.36. The lowest BCUT2D eigenvalue weighted by Crippen LogP contribution is -2.51. The van der Waals surface area contributed by atoms with Crippen molar-refractivity contribution in [2.75, 3.05) is 32.6 Å². The van der Waals surface area contributed by atoms with E-state index in [1.54, 1.807) is 29.2 Å². The number of piperidine rings is 1. The number of nitrogens with zero attached hydrogens (tertiary/aromatic N) is 1. The number of hydrogen-bond donors (Lipinski definition) is 2. The van der Waals surface area contributed by atoms with E-state index in [1.165, 1.54) is 14.2 Å². The molecule has 2 atom stereocenters. The Labute approximate surface area is 180 Å². The summed E-state index contributed by atoms with van der Waals surface area (Å²) >= 11 is 0. The number of hydrogen-bond acceptors (Lipinski definition) is 6. The average Bonchev–Trinajstić information content (AvgIpc) is 2.79. The number of benzene rings is 2. The maximum absolute atomic E-state index is 13.0. The van der Waals surface area contributed by atoms with E-state index in [-0.39, 0.29) is 18.4 Å². The van der Waals surface area contributed by atoms with Crippen LogP contribution in [0.15, 0.2) is 36.4 Å². The highest BCUT2D eigenvalue weighted by atomic mass is 16.5. The molecule has 2 aliphatic rings. The van der Waals surface area contributed by atoms with Crippen LogP contribution in [0.3, 0.4) is 0 Å². The minimum Gasteiger partial charge on any atom is -0.497 e. The third-order valence-corrected chi connectivity index (χ3v) is 5.71. The number of ether oxygens (including phenoxy) is 3. The fourth-order valence-corrected chi connectivity index (χ4v) is 3.98. The Bertz CT molecular complexity index is 992. The Morgan fingerprint density at radius 3 is 2.65 bits per heavy atom. The highest BCUT2D eigenvalue weighted by Gasteiger charge is 2.33. The van der Waals surface area contributed by atoms with Gasteiger partial charge in [-0.05, 0) is 36.2 Å². The zero-order valence-electron chi connectivity index (χ0n) is 17.6. The number of amides is 2. The van der Waals surface area contributed by atoms with Crippen LogP contribution in [-0.4, -0.2) is 61.3 Å². The third kappa shape index (κ3) is 4.44. The lowest BCUT2D eigenvalue weighted by atomic mass is 10.0. The van der Waals surface area contributed by atoms with Crippen LogP contribution in [0.25, 0.3) is 0 Å². The number of rotatable bonds is 5. The number of aliphatic hydroxyl groups excluding tert-OH is 1. The molecule has 164 valence electrons. The minimum absolute atomic E-state index is 0.00974. The molecule has 0 saturated carbocycles. The van der Waals surface area contributed by atoms with Crippen LogP contribution in [0.5, 0.6) is 17.2 Å². The fraction of sp³-hybridized carbons (Fsp3) is 0.391. The molecule has 31 heavy (non-hydrogen) atoms. The predicted octanol–water partition coefficient (Wildman–Crippen LogP) is 2.24. The first-order valence-corrected chi connectivity index (χ1v) is 10.3. The summed E-state index contributed by atoms with van der Waals surface area (Å²) in [4.78, 5) is 26.3. The molecule has 2 aliphatic heterocycles. The molecule has 0 bridgehead atoms.